The summed E-state index contributed by atoms with van der Waals surface area (Å²) in [6.07, 6.45) is 0. The minimum Gasteiger partial charge on any atom is -1.00 e. The smallest absolute Gasteiger partial charge is 1.00 e. The molecule has 5 rings (SSSR count). The normalized spacial score (nSPS) is 9.89. The van der Waals surface area contributed by atoms with Gasteiger partial charge in [0.2, 0.25) is 0 Å². The molecule has 0 saturated heterocycles. The van der Waals surface area contributed by atoms with Gasteiger partial charge in [0, 0.05) is 36.6 Å². The van der Waals surface area contributed by atoms with Crippen molar-refractivity contribution in [3.05, 3.63) is 90.3 Å². The minimum absolute atomic E-state index is 0. The molecule has 9 heteroatoms. The van der Waals surface area contributed by atoms with E-state index >= 15 is 0 Å². The Morgan fingerprint density at radius 3 is 1.22 bits per heavy atom. The van der Waals surface area contributed by atoms with Crippen molar-refractivity contribution in [2.75, 3.05) is 0 Å². The van der Waals surface area contributed by atoms with Gasteiger partial charge >= 0.3 is 18.6 Å². The number of aromatic nitrogens is 5. The van der Waals surface area contributed by atoms with E-state index in [1.54, 1.807) is 0 Å². The Labute approximate surface area is 242 Å². The second-order valence-electron chi connectivity index (χ2n) is 8.00. The Bertz CT molecular complexity index is 1310. The fourth-order valence-electron chi connectivity index (χ4n) is 4.04. The van der Waals surface area contributed by atoms with Gasteiger partial charge in [-0.2, -0.15) is 0 Å². The van der Waals surface area contributed by atoms with E-state index in [0.717, 1.165) is 56.9 Å². The fourth-order valence-corrected chi connectivity index (χ4v) is 4.04. The van der Waals surface area contributed by atoms with E-state index in [4.69, 9.17) is 15.0 Å². The van der Waals surface area contributed by atoms with Crippen LogP contribution in [0.3, 0.4) is 0 Å². The first kappa shape index (κ1) is 31.5. The number of pyridine rings is 1. The van der Waals surface area contributed by atoms with Gasteiger partial charge in [-0.05, 0) is 26.0 Å². The molecule has 0 atom stereocenters. The standard InChI is InChI=1S/C27H25N5.3ClH.V/c1-18-24(20-12-7-5-8-13-20)29-26(31(18)3)22-16-11-17-23(28-22)27-30-25(19(2)32(27)4)21-14-9-6-10-15-21;;;;/h5-17H,1-4H3;3*1H;/q;;;;+3/p-3. The van der Waals surface area contributed by atoms with Gasteiger partial charge in [0.1, 0.15) is 11.4 Å². The maximum atomic E-state index is 4.96. The largest absolute Gasteiger partial charge is 3.00 e. The summed E-state index contributed by atoms with van der Waals surface area (Å²) in [7, 11) is 4.08. The third-order valence-electron chi connectivity index (χ3n) is 6.06. The Kier molecular flexibility index (Phi) is 11.5. The van der Waals surface area contributed by atoms with Crippen LogP contribution < -0.4 is 37.2 Å². The summed E-state index contributed by atoms with van der Waals surface area (Å²) in [5.41, 5.74) is 8.05. The Balaban J connectivity index is 0.00000162. The van der Waals surface area contributed by atoms with Gasteiger partial charge in [-0.3, -0.25) is 0 Å². The van der Waals surface area contributed by atoms with Crippen molar-refractivity contribution >= 4 is 0 Å². The number of rotatable bonds is 4. The van der Waals surface area contributed by atoms with E-state index in [-0.39, 0.29) is 55.8 Å². The molecular weight excluding hydrogens is 552 g/mol. The molecule has 2 aromatic carbocycles. The van der Waals surface area contributed by atoms with E-state index in [0.29, 0.717) is 0 Å². The van der Waals surface area contributed by atoms with Crippen LogP contribution in [0.1, 0.15) is 11.4 Å². The molecule has 0 N–H and O–H groups in total. The summed E-state index contributed by atoms with van der Waals surface area (Å²) in [6, 6.07) is 26.6. The van der Waals surface area contributed by atoms with Gasteiger partial charge in [0.25, 0.3) is 0 Å². The maximum absolute atomic E-state index is 4.96. The first-order valence-electron chi connectivity index (χ1n) is 10.7. The first-order chi connectivity index (χ1) is 15.5. The second kappa shape index (κ2) is 13.1. The summed E-state index contributed by atoms with van der Waals surface area (Å²) < 4.78 is 4.21. The maximum Gasteiger partial charge on any atom is 3.00 e. The van der Waals surface area contributed by atoms with Crippen molar-refractivity contribution in [3.8, 4) is 45.6 Å². The molecule has 3 heterocycles. The average molecular weight is 577 g/mol. The molecule has 5 nitrogen and oxygen atoms in total. The number of hydrogen-bond acceptors (Lipinski definition) is 3. The molecule has 0 bridgehead atoms. The average Bonchev–Trinajstić information content (AvgIpc) is 3.31. The molecule has 0 radical (unpaired) electrons. The molecule has 0 aliphatic carbocycles. The zero-order valence-electron chi connectivity index (χ0n) is 20.3. The van der Waals surface area contributed by atoms with E-state index in [9.17, 15) is 0 Å². The molecule has 0 unspecified atom stereocenters. The predicted octanol–water partition coefficient (Wildman–Crippen LogP) is -3.16. The molecular formula is C27H25Cl3N5V. The van der Waals surface area contributed by atoms with Gasteiger partial charge in [-0.25, -0.2) is 15.0 Å². The van der Waals surface area contributed by atoms with Gasteiger partial charge < -0.3 is 46.4 Å². The summed E-state index contributed by atoms with van der Waals surface area (Å²) in [6.45, 7) is 4.19. The van der Waals surface area contributed by atoms with Crippen LogP contribution in [0.25, 0.3) is 45.6 Å². The van der Waals surface area contributed by atoms with Crippen LogP contribution in [-0.4, -0.2) is 24.1 Å². The molecule has 0 aliphatic rings. The van der Waals surface area contributed by atoms with Crippen molar-refractivity contribution in [2.24, 2.45) is 14.1 Å². The molecule has 0 spiro atoms. The molecule has 36 heavy (non-hydrogen) atoms. The van der Waals surface area contributed by atoms with Crippen LogP contribution in [0.4, 0.5) is 0 Å². The molecule has 0 fully saturated rings. The SMILES string of the molecule is Cc1c(-c2ccccc2)nc(-c2cccc(-c3nc(-c4ccccc4)c(C)n3C)n2)n1C.[Cl-].[Cl-].[Cl-].[V+3]. The van der Waals surface area contributed by atoms with E-state index in [2.05, 4.69) is 47.2 Å². The number of benzene rings is 2. The van der Waals surface area contributed by atoms with Crippen LogP contribution >= 0.6 is 0 Å². The Morgan fingerprint density at radius 1 is 0.500 bits per heavy atom. The van der Waals surface area contributed by atoms with Gasteiger partial charge in [-0.15, -0.1) is 0 Å². The first-order valence-corrected chi connectivity index (χ1v) is 10.7. The quantitative estimate of drug-likeness (QED) is 0.227. The summed E-state index contributed by atoms with van der Waals surface area (Å²) >= 11 is 0. The molecule has 3 aromatic heterocycles. The zero-order valence-corrected chi connectivity index (χ0v) is 24.0. The van der Waals surface area contributed by atoms with Crippen LogP contribution in [0.15, 0.2) is 78.9 Å². The zero-order chi connectivity index (χ0) is 22.2. The molecule has 184 valence electrons. The predicted molar refractivity (Wildman–Crippen MR) is 129 cm³/mol. The van der Waals surface area contributed by atoms with Crippen molar-refractivity contribution in [1.82, 2.24) is 24.1 Å². The van der Waals surface area contributed by atoms with E-state index in [1.807, 2.05) is 68.7 Å². The second-order valence-corrected chi connectivity index (χ2v) is 8.00. The third-order valence-corrected chi connectivity index (χ3v) is 6.06. The van der Waals surface area contributed by atoms with Crippen LogP contribution in [0.5, 0.6) is 0 Å². The summed E-state index contributed by atoms with van der Waals surface area (Å²) in [5.74, 6) is 1.69. The van der Waals surface area contributed by atoms with E-state index in [1.165, 1.54) is 0 Å². The topological polar surface area (TPSA) is 48.5 Å². The van der Waals surface area contributed by atoms with Crippen molar-refractivity contribution < 1.29 is 55.8 Å². The molecule has 0 amide bonds. The summed E-state index contributed by atoms with van der Waals surface area (Å²) in [5, 5.41) is 0. The molecule has 0 saturated carbocycles. The molecule has 0 aliphatic heterocycles. The number of hydrogen-bond donors (Lipinski definition) is 0. The van der Waals surface area contributed by atoms with Crippen LogP contribution in [-0.2, 0) is 32.7 Å². The number of imidazole rings is 2. The Morgan fingerprint density at radius 2 is 0.861 bits per heavy atom. The van der Waals surface area contributed by atoms with Crippen LogP contribution in [0, 0.1) is 13.8 Å². The summed E-state index contributed by atoms with van der Waals surface area (Å²) in [4.78, 5) is 14.9. The van der Waals surface area contributed by atoms with Gasteiger partial charge in [-0.1, -0.05) is 66.7 Å². The minimum atomic E-state index is 0. The van der Waals surface area contributed by atoms with Gasteiger partial charge in [0.15, 0.2) is 11.6 Å². The van der Waals surface area contributed by atoms with Crippen molar-refractivity contribution in [1.29, 1.82) is 0 Å². The Hall–Kier alpha value is -2.54. The number of halogens is 3. The third kappa shape index (κ3) is 5.72. The van der Waals surface area contributed by atoms with E-state index < -0.39 is 0 Å². The van der Waals surface area contributed by atoms with Crippen LogP contribution in [0.2, 0.25) is 0 Å². The number of nitrogens with zero attached hydrogens (tertiary/aromatic N) is 5. The van der Waals surface area contributed by atoms with Gasteiger partial charge in [0.05, 0.1) is 11.4 Å². The monoisotopic (exact) mass is 575 g/mol. The van der Waals surface area contributed by atoms with Crippen molar-refractivity contribution in [2.45, 2.75) is 13.8 Å². The van der Waals surface area contributed by atoms with Crippen molar-refractivity contribution in [3.63, 3.8) is 0 Å². The molecule has 5 aromatic rings. The fraction of sp³-hybridized carbons (Fsp3) is 0.148.